The Hall–Kier alpha value is -1.95. The normalized spacial score (nSPS) is 21.1. The lowest BCUT2D eigenvalue weighted by Gasteiger charge is -2.38. The van der Waals surface area contributed by atoms with Crippen LogP contribution in [0.2, 0.25) is 0 Å². The van der Waals surface area contributed by atoms with Crippen LogP contribution in [0.25, 0.3) is 0 Å². The molecule has 22 heavy (non-hydrogen) atoms. The van der Waals surface area contributed by atoms with Crippen LogP contribution < -0.4 is 0 Å². The van der Waals surface area contributed by atoms with Crippen LogP contribution in [-0.4, -0.2) is 52.7 Å². The third-order valence-electron chi connectivity index (χ3n) is 4.20. The zero-order valence-corrected chi connectivity index (χ0v) is 13.0. The third kappa shape index (κ3) is 3.11. The van der Waals surface area contributed by atoms with Gasteiger partial charge in [0.2, 0.25) is 0 Å². The van der Waals surface area contributed by atoms with Gasteiger partial charge in [-0.05, 0) is 31.4 Å². The summed E-state index contributed by atoms with van der Waals surface area (Å²) in [5.41, 5.74) is -0.0506. The van der Waals surface area contributed by atoms with Crippen LogP contribution >= 0.6 is 0 Å². The maximum atomic E-state index is 12.8. The first-order valence-corrected chi connectivity index (χ1v) is 7.54. The number of aromatic nitrogens is 1. The van der Waals surface area contributed by atoms with E-state index in [9.17, 15) is 9.59 Å². The molecule has 1 unspecified atom stereocenters. The highest BCUT2D eigenvalue weighted by Crippen LogP contribution is 2.35. The average molecular weight is 306 g/mol. The van der Waals surface area contributed by atoms with E-state index >= 15 is 0 Å². The van der Waals surface area contributed by atoms with Crippen LogP contribution in [0.5, 0.6) is 0 Å². The topological polar surface area (TPSA) is 79.7 Å². The Morgan fingerprint density at radius 1 is 1.50 bits per heavy atom. The Morgan fingerprint density at radius 2 is 2.27 bits per heavy atom. The van der Waals surface area contributed by atoms with Gasteiger partial charge < -0.3 is 14.7 Å². The third-order valence-corrected chi connectivity index (χ3v) is 4.20. The van der Waals surface area contributed by atoms with Crippen molar-refractivity contribution in [2.75, 3.05) is 20.3 Å². The molecule has 1 N–H and O–H groups in total. The second-order valence-corrected chi connectivity index (χ2v) is 5.70. The van der Waals surface area contributed by atoms with Gasteiger partial charge in [-0.2, -0.15) is 0 Å². The molecule has 0 bridgehead atoms. The van der Waals surface area contributed by atoms with Gasteiger partial charge in [0.15, 0.2) is 0 Å². The van der Waals surface area contributed by atoms with Gasteiger partial charge in [-0.3, -0.25) is 9.78 Å². The van der Waals surface area contributed by atoms with Gasteiger partial charge >= 0.3 is 5.97 Å². The molecule has 1 aromatic rings. The molecular formula is C16H22N2O4. The highest BCUT2D eigenvalue weighted by molar-refractivity contribution is 5.96. The van der Waals surface area contributed by atoms with Crippen LogP contribution in [0.4, 0.5) is 0 Å². The number of rotatable bonds is 6. The molecule has 2 heterocycles. The van der Waals surface area contributed by atoms with Crippen LogP contribution in [-0.2, 0) is 4.74 Å². The molecular weight excluding hydrogens is 284 g/mol. The number of nitrogens with zero attached hydrogens (tertiary/aromatic N) is 2. The molecule has 0 aliphatic carbocycles. The molecule has 1 saturated heterocycles. The fourth-order valence-corrected chi connectivity index (χ4v) is 3.29. The van der Waals surface area contributed by atoms with Gasteiger partial charge in [0.05, 0.1) is 17.7 Å². The van der Waals surface area contributed by atoms with E-state index in [2.05, 4.69) is 11.9 Å². The quantitative estimate of drug-likeness (QED) is 0.871. The smallest absolute Gasteiger partial charge is 0.335 e. The second kappa shape index (κ2) is 6.87. The molecule has 0 spiro atoms. The van der Waals surface area contributed by atoms with Crippen LogP contribution in [0.15, 0.2) is 18.3 Å². The lowest BCUT2D eigenvalue weighted by molar-refractivity contribution is 0.0250. The number of methoxy groups -OCH3 is 1. The summed E-state index contributed by atoms with van der Waals surface area (Å²) in [6.07, 6.45) is 5.01. The van der Waals surface area contributed by atoms with Crippen molar-refractivity contribution in [1.82, 2.24) is 9.88 Å². The van der Waals surface area contributed by atoms with Crippen molar-refractivity contribution < 1.29 is 19.4 Å². The van der Waals surface area contributed by atoms with Gasteiger partial charge in [0.25, 0.3) is 5.91 Å². The standard InChI is InChI=1S/C16H22N2O4/c1-3-6-16(11-22-2)7-4-9-18(16)14(19)13-10-12(15(20)21)5-8-17-13/h5,8,10H,3-4,6-7,9,11H2,1-2H3,(H,20,21). The summed E-state index contributed by atoms with van der Waals surface area (Å²) in [5.74, 6) is -1.28. The molecule has 1 aliphatic rings. The first-order valence-electron chi connectivity index (χ1n) is 7.54. The minimum atomic E-state index is -1.06. The Labute approximate surface area is 130 Å². The molecule has 1 aromatic heterocycles. The highest BCUT2D eigenvalue weighted by Gasteiger charge is 2.43. The van der Waals surface area contributed by atoms with Crippen molar-refractivity contribution in [3.05, 3.63) is 29.6 Å². The number of amides is 1. The Morgan fingerprint density at radius 3 is 2.91 bits per heavy atom. The number of carbonyl (C=O) groups is 2. The summed E-state index contributed by atoms with van der Waals surface area (Å²) < 4.78 is 5.35. The number of carboxylic acid groups (broad SMARTS) is 1. The fourth-order valence-electron chi connectivity index (χ4n) is 3.29. The highest BCUT2D eigenvalue weighted by atomic mass is 16.5. The van der Waals surface area contributed by atoms with Crippen molar-refractivity contribution in [3.8, 4) is 0 Å². The van der Waals surface area contributed by atoms with Gasteiger partial charge in [-0.1, -0.05) is 13.3 Å². The number of aromatic carboxylic acids is 1. The molecule has 120 valence electrons. The zero-order chi connectivity index (χ0) is 16.2. The minimum absolute atomic E-state index is 0.0744. The molecule has 1 amide bonds. The molecule has 1 atom stereocenters. The number of hydrogen-bond acceptors (Lipinski definition) is 4. The number of carbonyl (C=O) groups excluding carboxylic acids is 1. The predicted molar refractivity (Wildman–Crippen MR) is 81.0 cm³/mol. The second-order valence-electron chi connectivity index (χ2n) is 5.70. The summed E-state index contributed by atoms with van der Waals surface area (Å²) >= 11 is 0. The molecule has 6 heteroatoms. The summed E-state index contributed by atoms with van der Waals surface area (Å²) in [7, 11) is 1.64. The largest absolute Gasteiger partial charge is 0.478 e. The number of pyridine rings is 1. The first kappa shape index (κ1) is 16.4. The maximum Gasteiger partial charge on any atom is 0.335 e. The fraction of sp³-hybridized carbons (Fsp3) is 0.562. The van der Waals surface area contributed by atoms with Gasteiger partial charge in [0.1, 0.15) is 5.69 Å². The molecule has 0 saturated carbocycles. The van der Waals surface area contributed by atoms with Crippen LogP contribution in [0.3, 0.4) is 0 Å². The van der Waals surface area contributed by atoms with E-state index < -0.39 is 5.97 Å². The number of ether oxygens (including phenoxy) is 1. The summed E-state index contributed by atoms with van der Waals surface area (Å²) in [4.78, 5) is 29.7. The van der Waals surface area contributed by atoms with Crippen molar-refractivity contribution in [2.24, 2.45) is 0 Å². The average Bonchev–Trinajstić information content (AvgIpc) is 2.91. The van der Waals surface area contributed by atoms with Gasteiger partial charge in [0, 0.05) is 19.9 Å². The number of likely N-dealkylation sites (tertiary alicyclic amines) is 1. The van der Waals surface area contributed by atoms with E-state index in [1.165, 1.54) is 18.3 Å². The molecule has 1 aliphatic heterocycles. The zero-order valence-electron chi connectivity index (χ0n) is 13.0. The summed E-state index contributed by atoms with van der Waals surface area (Å²) in [5, 5.41) is 9.05. The molecule has 1 fully saturated rings. The molecule has 0 radical (unpaired) electrons. The lowest BCUT2D eigenvalue weighted by Crippen LogP contribution is -2.50. The number of carboxylic acids is 1. The van der Waals surface area contributed by atoms with E-state index in [1.54, 1.807) is 7.11 Å². The number of hydrogen-bond donors (Lipinski definition) is 1. The van der Waals surface area contributed by atoms with Crippen molar-refractivity contribution in [2.45, 2.75) is 38.1 Å². The lowest BCUT2D eigenvalue weighted by atomic mass is 9.91. The molecule has 2 rings (SSSR count). The summed E-state index contributed by atoms with van der Waals surface area (Å²) in [6.45, 7) is 3.23. The first-order chi connectivity index (χ1) is 10.5. The SMILES string of the molecule is CCCC1(COC)CCCN1C(=O)c1cc(C(=O)O)ccn1. The van der Waals surface area contributed by atoms with Gasteiger partial charge in [-0.25, -0.2) is 4.79 Å². The Balaban J connectivity index is 2.30. The van der Waals surface area contributed by atoms with E-state index in [-0.39, 0.29) is 22.7 Å². The maximum absolute atomic E-state index is 12.8. The van der Waals surface area contributed by atoms with E-state index in [0.717, 1.165) is 25.7 Å². The van der Waals surface area contributed by atoms with Crippen molar-refractivity contribution in [1.29, 1.82) is 0 Å². The summed E-state index contributed by atoms with van der Waals surface area (Å²) in [6, 6.07) is 2.73. The van der Waals surface area contributed by atoms with E-state index in [0.29, 0.717) is 13.2 Å². The van der Waals surface area contributed by atoms with Crippen LogP contribution in [0.1, 0.15) is 53.5 Å². The minimum Gasteiger partial charge on any atom is -0.478 e. The molecule has 6 nitrogen and oxygen atoms in total. The predicted octanol–water partition coefficient (Wildman–Crippen LogP) is 2.20. The Bertz CT molecular complexity index is 553. The Kier molecular flexibility index (Phi) is 5.13. The molecule has 0 aromatic carbocycles. The monoisotopic (exact) mass is 306 g/mol. The van der Waals surface area contributed by atoms with Crippen molar-refractivity contribution in [3.63, 3.8) is 0 Å². The van der Waals surface area contributed by atoms with Gasteiger partial charge in [-0.15, -0.1) is 0 Å². The van der Waals surface area contributed by atoms with Crippen LogP contribution in [0, 0.1) is 0 Å². The van der Waals surface area contributed by atoms with Crippen molar-refractivity contribution >= 4 is 11.9 Å². The van der Waals surface area contributed by atoms with E-state index in [1.807, 2.05) is 4.90 Å². The van der Waals surface area contributed by atoms with E-state index in [4.69, 9.17) is 9.84 Å².